The van der Waals surface area contributed by atoms with E-state index in [4.69, 9.17) is 0 Å². The van der Waals surface area contributed by atoms with E-state index in [1.807, 2.05) is 6.20 Å². The van der Waals surface area contributed by atoms with Crippen molar-refractivity contribution in [2.24, 2.45) is 5.92 Å². The van der Waals surface area contributed by atoms with Crippen LogP contribution in [-0.4, -0.2) is 41.4 Å². The molecule has 1 saturated heterocycles. The largest absolute Gasteiger partial charge is 0.369 e. The molecule has 7 heteroatoms. The molecule has 0 atom stereocenters. The van der Waals surface area contributed by atoms with Gasteiger partial charge in [-0.3, -0.25) is 0 Å². The van der Waals surface area contributed by atoms with Gasteiger partial charge in [0.25, 0.3) is 0 Å². The molecular weight excluding hydrogens is 276 g/mol. The molecule has 2 aromatic heterocycles. The lowest BCUT2D eigenvalue weighted by atomic mass is 10.1. The summed E-state index contributed by atoms with van der Waals surface area (Å²) in [5.74, 6) is 1.79. The number of aryl methyl sites for hydroxylation is 1. The molecule has 1 fully saturated rings. The van der Waals surface area contributed by atoms with E-state index >= 15 is 0 Å². The summed E-state index contributed by atoms with van der Waals surface area (Å²) < 4.78 is 22.2. The third kappa shape index (κ3) is 2.49. The van der Waals surface area contributed by atoms with Crippen LogP contribution in [0.3, 0.4) is 0 Å². The molecule has 0 unspecified atom stereocenters. The zero-order valence-electron chi connectivity index (χ0n) is 11.4. The predicted molar refractivity (Wildman–Crippen MR) is 78.5 cm³/mol. The average Bonchev–Trinajstić information content (AvgIpc) is 2.80. The Balaban J connectivity index is 1.67. The normalized spacial score (nSPS) is 18.1. The number of nitrogens with zero attached hydrogens (tertiary/aromatic N) is 2. The van der Waals surface area contributed by atoms with Crippen molar-refractivity contribution in [3.63, 3.8) is 0 Å². The summed E-state index contributed by atoms with van der Waals surface area (Å²) in [5.41, 5.74) is 2.03. The van der Waals surface area contributed by atoms with Crippen LogP contribution in [0, 0.1) is 5.92 Å². The number of H-pyrrole nitrogens is 1. The highest BCUT2D eigenvalue weighted by Gasteiger charge is 2.32. The van der Waals surface area contributed by atoms with Crippen molar-refractivity contribution in [3.05, 3.63) is 18.1 Å². The van der Waals surface area contributed by atoms with Crippen LogP contribution in [0.5, 0.6) is 0 Å². The molecule has 3 rings (SSSR count). The van der Waals surface area contributed by atoms with Gasteiger partial charge in [0.1, 0.15) is 17.8 Å². The van der Waals surface area contributed by atoms with Crippen LogP contribution >= 0.6 is 0 Å². The summed E-state index contributed by atoms with van der Waals surface area (Å²) in [7, 11) is -2.72. The monoisotopic (exact) mass is 294 g/mol. The Hall–Kier alpha value is -1.63. The van der Waals surface area contributed by atoms with Crippen molar-refractivity contribution in [2.75, 3.05) is 23.4 Å². The van der Waals surface area contributed by atoms with Gasteiger partial charge in [-0.05, 0) is 24.3 Å². The first-order valence-corrected chi connectivity index (χ1v) is 8.66. The average molecular weight is 294 g/mol. The minimum Gasteiger partial charge on any atom is -0.369 e. The van der Waals surface area contributed by atoms with Crippen LogP contribution in [0.25, 0.3) is 11.0 Å². The van der Waals surface area contributed by atoms with E-state index in [9.17, 15) is 8.42 Å². The topological polar surface area (TPSA) is 87.7 Å². The van der Waals surface area contributed by atoms with Crippen LogP contribution in [0.4, 0.5) is 5.82 Å². The third-order valence-electron chi connectivity index (χ3n) is 3.76. The molecule has 1 aliphatic heterocycles. The summed E-state index contributed by atoms with van der Waals surface area (Å²) >= 11 is 0. The maximum Gasteiger partial charge on any atom is 0.150 e. The fraction of sp³-hybridized carbons (Fsp3) is 0.538. The van der Waals surface area contributed by atoms with Gasteiger partial charge in [0.2, 0.25) is 0 Å². The Bertz CT molecular complexity index is 711. The minimum atomic E-state index is -2.72. The van der Waals surface area contributed by atoms with Crippen LogP contribution in [0.1, 0.15) is 18.9 Å². The summed E-state index contributed by atoms with van der Waals surface area (Å²) in [6, 6.07) is 0. The van der Waals surface area contributed by atoms with Gasteiger partial charge in [0, 0.05) is 12.7 Å². The van der Waals surface area contributed by atoms with Crippen LogP contribution in [0.15, 0.2) is 12.5 Å². The highest BCUT2D eigenvalue weighted by molar-refractivity contribution is 7.92. The number of nitrogens with one attached hydrogen (secondary N) is 2. The molecule has 0 amide bonds. The fourth-order valence-corrected chi connectivity index (χ4v) is 4.34. The smallest absolute Gasteiger partial charge is 0.150 e. The van der Waals surface area contributed by atoms with E-state index < -0.39 is 9.84 Å². The molecule has 0 radical (unpaired) electrons. The number of fused-ring (bicyclic) bond motifs is 1. The van der Waals surface area contributed by atoms with E-state index in [1.165, 1.54) is 11.9 Å². The van der Waals surface area contributed by atoms with E-state index in [0.29, 0.717) is 17.4 Å². The minimum absolute atomic E-state index is 0.293. The summed E-state index contributed by atoms with van der Waals surface area (Å²) in [4.78, 5) is 11.7. The molecule has 20 heavy (non-hydrogen) atoms. The molecule has 1 aliphatic rings. The number of anilines is 1. The quantitative estimate of drug-likeness (QED) is 0.869. The Kier molecular flexibility index (Phi) is 3.37. The van der Waals surface area contributed by atoms with Gasteiger partial charge >= 0.3 is 0 Å². The number of hydrogen-bond donors (Lipinski definition) is 2. The zero-order chi connectivity index (χ0) is 14.2. The molecule has 2 aromatic rings. The second kappa shape index (κ2) is 5.05. The van der Waals surface area contributed by atoms with Gasteiger partial charge in [-0.25, -0.2) is 18.4 Å². The molecule has 0 saturated carbocycles. The van der Waals surface area contributed by atoms with Gasteiger partial charge in [-0.15, -0.1) is 0 Å². The standard InChI is InChI=1S/C13H18N4O2S/c1-2-10-5-15-13-11(10)12(16-8-17-13)14-4-3-9-6-20(18,19)7-9/h5,8-9H,2-4,6-7H2,1H3,(H2,14,15,16,17). The van der Waals surface area contributed by atoms with Crippen LogP contribution in [0.2, 0.25) is 0 Å². The number of aromatic nitrogens is 3. The van der Waals surface area contributed by atoms with Crippen molar-refractivity contribution in [2.45, 2.75) is 19.8 Å². The number of sulfone groups is 1. The lowest BCUT2D eigenvalue weighted by Gasteiger charge is -2.25. The van der Waals surface area contributed by atoms with Crippen LogP contribution in [-0.2, 0) is 16.3 Å². The van der Waals surface area contributed by atoms with E-state index in [1.54, 1.807) is 0 Å². The lowest BCUT2D eigenvalue weighted by Crippen LogP contribution is -2.37. The number of hydrogen-bond acceptors (Lipinski definition) is 5. The Morgan fingerprint density at radius 3 is 2.90 bits per heavy atom. The van der Waals surface area contributed by atoms with E-state index in [-0.39, 0.29) is 0 Å². The van der Waals surface area contributed by atoms with Gasteiger partial charge < -0.3 is 10.3 Å². The van der Waals surface area contributed by atoms with Crippen molar-refractivity contribution in [3.8, 4) is 0 Å². The zero-order valence-corrected chi connectivity index (χ0v) is 12.2. The fourth-order valence-electron chi connectivity index (χ4n) is 2.67. The van der Waals surface area contributed by atoms with Crippen LogP contribution < -0.4 is 5.32 Å². The maximum atomic E-state index is 11.1. The van der Waals surface area contributed by atoms with E-state index in [0.717, 1.165) is 36.2 Å². The van der Waals surface area contributed by atoms with Crippen molar-refractivity contribution in [1.29, 1.82) is 0 Å². The maximum absolute atomic E-state index is 11.1. The SMILES string of the molecule is CCc1c[nH]c2ncnc(NCCC3CS(=O)(=O)C3)c12. The molecule has 2 N–H and O–H groups in total. The molecule has 0 aromatic carbocycles. The van der Waals surface area contributed by atoms with Crippen molar-refractivity contribution in [1.82, 2.24) is 15.0 Å². The molecular formula is C13H18N4O2S. The molecule has 0 aliphatic carbocycles. The first-order chi connectivity index (χ1) is 9.59. The second-order valence-corrected chi connectivity index (χ2v) is 7.43. The second-order valence-electron chi connectivity index (χ2n) is 5.27. The Morgan fingerprint density at radius 1 is 1.40 bits per heavy atom. The Labute approximate surface area is 117 Å². The molecule has 108 valence electrons. The first-order valence-electron chi connectivity index (χ1n) is 6.84. The number of rotatable bonds is 5. The number of aromatic amines is 1. The lowest BCUT2D eigenvalue weighted by molar-refractivity contribution is 0.506. The highest BCUT2D eigenvalue weighted by Crippen LogP contribution is 2.25. The Morgan fingerprint density at radius 2 is 2.20 bits per heavy atom. The summed E-state index contributed by atoms with van der Waals surface area (Å²) in [5, 5.41) is 4.35. The molecule has 0 bridgehead atoms. The van der Waals surface area contributed by atoms with Crippen molar-refractivity contribution >= 4 is 26.7 Å². The molecule has 3 heterocycles. The highest BCUT2D eigenvalue weighted by atomic mass is 32.2. The van der Waals surface area contributed by atoms with Crippen molar-refractivity contribution < 1.29 is 8.42 Å². The molecule has 6 nitrogen and oxygen atoms in total. The van der Waals surface area contributed by atoms with Gasteiger partial charge in [0.15, 0.2) is 9.84 Å². The summed E-state index contributed by atoms with van der Waals surface area (Å²) in [6.07, 6.45) is 5.27. The molecule has 0 spiro atoms. The van der Waals surface area contributed by atoms with E-state index in [2.05, 4.69) is 27.2 Å². The first kappa shape index (κ1) is 13.4. The van der Waals surface area contributed by atoms with Gasteiger partial charge in [-0.2, -0.15) is 0 Å². The van der Waals surface area contributed by atoms with Gasteiger partial charge in [-0.1, -0.05) is 6.92 Å². The third-order valence-corrected chi connectivity index (χ3v) is 5.72. The van der Waals surface area contributed by atoms with Gasteiger partial charge in [0.05, 0.1) is 16.9 Å². The summed E-state index contributed by atoms with van der Waals surface area (Å²) in [6.45, 7) is 2.83. The predicted octanol–water partition coefficient (Wildman–Crippen LogP) is 1.37.